The Morgan fingerprint density at radius 3 is 2.80 bits per heavy atom. The molecule has 3 nitrogen and oxygen atoms in total. The second-order valence-electron chi connectivity index (χ2n) is 5.97. The van der Waals surface area contributed by atoms with Gasteiger partial charge in [-0.05, 0) is 57.2 Å². The van der Waals surface area contributed by atoms with Crippen LogP contribution in [0, 0.1) is 16.7 Å². The van der Waals surface area contributed by atoms with Crippen LogP contribution in [0.4, 0.5) is 0 Å². The third-order valence-corrected chi connectivity index (χ3v) is 3.44. The SMILES string of the molecule is CCC(N)Cc1cccc(OCCCC(C)(C)C#N)c1. The highest BCUT2D eigenvalue weighted by Crippen LogP contribution is 2.21. The maximum atomic E-state index is 8.95. The normalized spacial score (nSPS) is 12.8. The van der Waals surface area contributed by atoms with Crippen molar-refractivity contribution in [3.63, 3.8) is 0 Å². The number of nitriles is 1. The quantitative estimate of drug-likeness (QED) is 0.736. The standard InChI is InChI=1S/C17H26N2O/c1-4-15(19)11-14-7-5-8-16(12-14)20-10-6-9-17(2,3)13-18/h5,7-8,12,15H,4,6,9-11,19H2,1-3H3. The van der Waals surface area contributed by atoms with E-state index < -0.39 is 0 Å². The predicted molar refractivity (Wildman–Crippen MR) is 82.5 cm³/mol. The Morgan fingerprint density at radius 1 is 1.40 bits per heavy atom. The van der Waals surface area contributed by atoms with Gasteiger partial charge in [-0.1, -0.05) is 19.1 Å². The molecule has 0 radical (unpaired) electrons. The summed E-state index contributed by atoms with van der Waals surface area (Å²) < 4.78 is 5.75. The van der Waals surface area contributed by atoms with Gasteiger partial charge in [-0.15, -0.1) is 0 Å². The Hall–Kier alpha value is -1.53. The van der Waals surface area contributed by atoms with Crippen LogP contribution in [0.3, 0.4) is 0 Å². The summed E-state index contributed by atoms with van der Waals surface area (Å²) in [6, 6.07) is 10.6. The van der Waals surface area contributed by atoms with E-state index in [1.165, 1.54) is 5.56 Å². The molecule has 1 unspecified atom stereocenters. The van der Waals surface area contributed by atoms with E-state index in [4.69, 9.17) is 15.7 Å². The average Bonchev–Trinajstić information content (AvgIpc) is 2.44. The van der Waals surface area contributed by atoms with E-state index in [0.29, 0.717) is 6.61 Å². The number of nitrogens with two attached hydrogens (primary N) is 1. The van der Waals surface area contributed by atoms with Crippen LogP contribution in [0.2, 0.25) is 0 Å². The van der Waals surface area contributed by atoms with E-state index in [1.807, 2.05) is 26.0 Å². The molecule has 0 aliphatic heterocycles. The molecule has 2 N–H and O–H groups in total. The highest BCUT2D eigenvalue weighted by Gasteiger charge is 2.15. The number of ether oxygens (including phenoxy) is 1. The van der Waals surface area contributed by atoms with Crippen molar-refractivity contribution in [3.05, 3.63) is 29.8 Å². The zero-order chi connectivity index (χ0) is 15.0. The van der Waals surface area contributed by atoms with E-state index in [9.17, 15) is 0 Å². The molecule has 110 valence electrons. The lowest BCUT2D eigenvalue weighted by Crippen LogP contribution is -2.21. The Balaban J connectivity index is 2.41. The zero-order valence-electron chi connectivity index (χ0n) is 12.9. The van der Waals surface area contributed by atoms with Gasteiger partial charge in [0.2, 0.25) is 0 Å². The summed E-state index contributed by atoms with van der Waals surface area (Å²) in [5, 5.41) is 8.95. The molecule has 0 saturated heterocycles. The minimum absolute atomic E-state index is 0.210. The van der Waals surface area contributed by atoms with Crippen LogP contribution in [0.15, 0.2) is 24.3 Å². The summed E-state index contributed by atoms with van der Waals surface area (Å²) in [6.07, 6.45) is 3.60. The minimum atomic E-state index is -0.265. The molecule has 0 spiro atoms. The summed E-state index contributed by atoms with van der Waals surface area (Å²) in [7, 11) is 0. The largest absolute Gasteiger partial charge is 0.494 e. The second-order valence-corrected chi connectivity index (χ2v) is 5.97. The fraction of sp³-hybridized carbons (Fsp3) is 0.588. The van der Waals surface area contributed by atoms with Gasteiger partial charge < -0.3 is 10.5 Å². The van der Waals surface area contributed by atoms with Crippen molar-refractivity contribution in [2.75, 3.05) is 6.61 Å². The average molecular weight is 274 g/mol. The lowest BCUT2D eigenvalue weighted by Gasteiger charge is -2.15. The van der Waals surface area contributed by atoms with E-state index in [1.54, 1.807) is 0 Å². The summed E-state index contributed by atoms with van der Waals surface area (Å²) in [5.41, 5.74) is 6.92. The van der Waals surface area contributed by atoms with Crippen LogP contribution in [-0.4, -0.2) is 12.6 Å². The number of hydrogen-bond acceptors (Lipinski definition) is 3. The predicted octanol–water partition coefficient (Wildman–Crippen LogP) is 3.68. The van der Waals surface area contributed by atoms with Crippen LogP contribution < -0.4 is 10.5 Å². The Bertz CT molecular complexity index is 449. The maximum absolute atomic E-state index is 8.95. The second kappa shape index (κ2) is 7.91. The molecule has 0 aliphatic carbocycles. The molecule has 3 heteroatoms. The van der Waals surface area contributed by atoms with Crippen molar-refractivity contribution in [1.82, 2.24) is 0 Å². The molecule has 0 aliphatic rings. The van der Waals surface area contributed by atoms with Crippen molar-refractivity contribution in [1.29, 1.82) is 5.26 Å². The molecule has 1 aromatic rings. The summed E-state index contributed by atoms with van der Waals surface area (Å²) >= 11 is 0. The van der Waals surface area contributed by atoms with Gasteiger partial charge in [0, 0.05) is 6.04 Å². The molecule has 0 amide bonds. The van der Waals surface area contributed by atoms with Crippen molar-refractivity contribution in [2.45, 2.75) is 52.5 Å². The maximum Gasteiger partial charge on any atom is 0.119 e. The molecular weight excluding hydrogens is 248 g/mol. The third-order valence-electron chi connectivity index (χ3n) is 3.44. The third kappa shape index (κ3) is 6.08. The number of hydrogen-bond donors (Lipinski definition) is 1. The van der Waals surface area contributed by atoms with Gasteiger partial charge in [0.25, 0.3) is 0 Å². The topological polar surface area (TPSA) is 59.0 Å². The van der Waals surface area contributed by atoms with Crippen molar-refractivity contribution in [2.24, 2.45) is 11.1 Å². The molecule has 1 atom stereocenters. The molecule has 0 saturated carbocycles. The molecule has 0 heterocycles. The molecule has 0 fully saturated rings. The fourth-order valence-corrected chi connectivity index (χ4v) is 1.97. The van der Waals surface area contributed by atoms with Crippen LogP contribution in [0.5, 0.6) is 5.75 Å². The first-order valence-corrected chi connectivity index (χ1v) is 7.35. The van der Waals surface area contributed by atoms with Crippen molar-refractivity contribution < 1.29 is 4.74 Å². The first kappa shape index (κ1) is 16.5. The van der Waals surface area contributed by atoms with E-state index in [-0.39, 0.29) is 11.5 Å². The van der Waals surface area contributed by atoms with Gasteiger partial charge in [0.15, 0.2) is 0 Å². The number of rotatable bonds is 8. The monoisotopic (exact) mass is 274 g/mol. The lowest BCUT2D eigenvalue weighted by atomic mass is 9.90. The molecule has 0 bridgehead atoms. The van der Waals surface area contributed by atoms with Crippen molar-refractivity contribution in [3.8, 4) is 11.8 Å². The minimum Gasteiger partial charge on any atom is -0.494 e. The Labute approximate surface area is 122 Å². The Kier molecular flexibility index (Phi) is 6.54. The molecule has 1 aromatic carbocycles. The van der Waals surface area contributed by atoms with Crippen LogP contribution in [-0.2, 0) is 6.42 Å². The molecular formula is C17H26N2O. The summed E-state index contributed by atoms with van der Waals surface area (Å²) in [5.74, 6) is 0.889. The van der Waals surface area contributed by atoms with Gasteiger partial charge in [-0.3, -0.25) is 0 Å². The lowest BCUT2D eigenvalue weighted by molar-refractivity contribution is 0.284. The zero-order valence-corrected chi connectivity index (χ0v) is 12.9. The van der Waals surface area contributed by atoms with Gasteiger partial charge >= 0.3 is 0 Å². The van der Waals surface area contributed by atoms with E-state index in [0.717, 1.165) is 31.4 Å². The van der Waals surface area contributed by atoms with Gasteiger partial charge in [-0.25, -0.2) is 0 Å². The first-order chi connectivity index (χ1) is 9.46. The van der Waals surface area contributed by atoms with Gasteiger partial charge in [0.05, 0.1) is 18.1 Å². The molecule has 20 heavy (non-hydrogen) atoms. The van der Waals surface area contributed by atoms with Crippen LogP contribution >= 0.6 is 0 Å². The highest BCUT2D eigenvalue weighted by molar-refractivity contribution is 5.29. The number of nitrogens with zero attached hydrogens (tertiary/aromatic N) is 1. The van der Waals surface area contributed by atoms with Gasteiger partial charge in [-0.2, -0.15) is 5.26 Å². The van der Waals surface area contributed by atoms with E-state index in [2.05, 4.69) is 25.1 Å². The molecule has 0 aromatic heterocycles. The smallest absolute Gasteiger partial charge is 0.119 e. The molecule has 1 rings (SSSR count). The summed E-state index contributed by atoms with van der Waals surface area (Å²) in [6.45, 7) is 6.66. The van der Waals surface area contributed by atoms with Crippen LogP contribution in [0.1, 0.15) is 45.6 Å². The number of benzene rings is 1. The fourth-order valence-electron chi connectivity index (χ4n) is 1.97. The van der Waals surface area contributed by atoms with E-state index >= 15 is 0 Å². The first-order valence-electron chi connectivity index (χ1n) is 7.35. The Morgan fingerprint density at radius 2 is 2.15 bits per heavy atom. The van der Waals surface area contributed by atoms with Crippen molar-refractivity contribution >= 4 is 0 Å². The summed E-state index contributed by atoms with van der Waals surface area (Å²) in [4.78, 5) is 0. The van der Waals surface area contributed by atoms with Gasteiger partial charge in [0.1, 0.15) is 5.75 Å². The van der Waals surface area contributed by atoms with Crippen LogP contribution in [0.25, 0.3) is 0 Å². The highest BCUT2D eigenvalue weighted by atomic mass is 16.5.